The summed E-state index contributed by atoms with van der Waals surface area (Å²) in [6, 6.07) is 8.57. The molecule has 1 unspecified atom stereocenters. The summed E-state index contributed by atoms with van der Waals surface area (Å²) in [5.41, 5.74) is 2.46. The normalized spacial score (nSPS) is 18.0. The lowest BCUT2D eigenvalue weighted by Crippen LogP contribution is -2.24. The number of aromatic nitrogens is 2. The van der Waals surface area contributed by atoms with E-state index in [9.17, 15) is 0 Å². The van der Waals surface area contributed by atoms with Gasteiger partial charge in [0.1, 0.15) is 11.6 Å². The molecule has 0 saturated heterocycles. The molecule has 0 spiro atoms. The van der Waals surface area contributed by atoms with Gasteiger partial charge in [-0.25, -0.2) is 4.68 Å². The van der Waals surface area contributed by atoms with Crippen LogP contribution in [0.2, 0.25) is 0 Å². The predicted octanol–water partition coefficient (Wildman–Crippen LogP) is 2.61. The summed E-state index contributed by atoms with van der Waals surface area (Å²) in [7, 11) is 1.72. The highest BCUT2D eigenvalue weighted by molar-refractivity contribution is 5.44. The van der Waals surface area contributed by atoms with Crippen LogP contribution in [0.1, 0.15) is 23.6 Å². The number of aryl methyl sites for hydroxylation is 1. The van der Waals surface area contributed by atoms with E-state index in [0.29, 0.717) is 0 Å². The fourth-order valence-electron chi connectivity index (χ4n) is 2.56. The van der Waals surface area contributed by atoms with Crippen LogP contribution in [0.4, 0.5) is 5.82 Å². The molecule has 1 aromatic carbocycles. The number of nitrogens with one attached hydrogen (secondary N) is 1. The number of benzene rings is 1. The summed E-state index contributed by atoms with van der Waals surface area (Å²) < 4.78 is 7.53. The summed E-state index contributed by atoms with van der Waals surface area (Å²) in [6.07, 6.45) is 2.86. The zero-order chi connectivity index (χ0) is 12.5. The quantitative estimate of drug-likeness (QED) is 0.881. The number of methoxy groups -OCH3 is 1. The number of fused-ring (bicyclic) bond motifs is 1. The lowest BCUT2D eigenvalue weighted by molar-refractivity contribution is 0.391. The van der Waals surface area contributed by atoms with Crippen LogP contribution in [0.5, 0.6) is 5.75 Å². The summed E-state index contributed by atoms with van der Waals surface area (Å²) in [5, 5.41) is 7.77. The Morgan fingerprint density at radius 3 is 3.11 bits per heavy atom. The van der Waals surface area contributed by atoms with E-state index in [-0.39, 0.29) is 6.04 Å². The molecule has 0 bridgehead atoms. The molecule has 0 radical (unpaired) electrons. The van der Waals surface area contributed by atoms with E-state index in [1.54, 1.807) is 7.11 Å². The van der Waals surface area contributed by atoms with Gasteiger partial charge >= 0.3 is 0 Å². The molecule has 3 rings (SSSR count). The first-order chi connectivity index (χ1) is 8.79. The van der Waals surface area contributed by atoms with E-state index in [2.05, 4.69) is 29.5 Å². The second kappa shape index (κ2) is 4.37. The average Bonchev–Trinajstić information content (AvgIpc) is 2.86. The Labute approximate surface area is 107 Å². The molecule has 0 saturated carbocycles. The van der Waals surface area contributed by atoms with Gasteiger partial charge in [-0.15, -0.1) is 0 Å². The lowest BCUT2D eigenvalue weighted by Gasteiger charge is -2.27. The Hall–Kier alpha value is -1.97. The molecule has 94 valence electrons. The van der Waals surface area contributed by atoms with Crippen molar-refractivity contribution in [3.63, 3.8) is 0 Å². The van der Waals surface area contributed by atoms with Crippen LogP contribution in [0.15, 0.2) is 30.5 Å². The van der Waals surface area contributed by atoms with E-state index in [1.807, 2.05) is 23.0 Å². The van der Waals surface area contributed by atoms with E-state index >= 15 is 0 Å². The zero-order valence-electron chi connectivity index (χ0n) is 10.7. The van der Waals surface area contributed by atoms with Gasteiger partial charge in [0, 0.05) is 18.2 Å². The number of nitrogens with zero attached hydrogens (tertiary/aromatic N) is 2. The van der Waals surface area contributed by atoms with Crippen LogP contribution in [-0.4, -0.2) is 23.4 Å². The van der Waals surface area contributed by atoms with Crippen LogP contribution in [0, 0.1) is 6.92 Å². The molecular weight excluding hydrogens is 226 g/mol. The lowest BCUT2D eigenvalue weighted by atomic mass is 9.99. The van der Waals surface area contributed by atoms with Gasteiger partial charge in [0.25, 0.3) is 0 Å². The van der Waals surface area contributed by atoms with Crippen LogP contribution < -0.4 is 10.1 Å². The van der Waals surface area contributed by atoms with Gasteiger partial charge in [0.05, 0.1) is 19.3 Å². The molecule has 2 heterocycles. The minimum absolute atomic E-state index is 0.256. The predicted molar refractivity (Wildman–Crippen MR) is 71.2 cm³/mol. The Morgan fingerprint density at radius 1 is 1.39 bits per heavy atom. The second-order valence-electron chi connectivity index (χ2n) is 4.64. The van der Waals surface area contributed by atoms with Crippen molar-refractivity contribution in [3.05, 3.63) is 41.6 Å². The topological polar surface area (TPSA) is 39.1 Å². The molecule has 2 aromatic rings. The first-order valence-electron chi connectivity index (χ1n) is 6.21. The van der Waals surface area contributed by atoms with E-state index in [4.69, 9.17) is 4.74 Å². The van der Waals surface area contributed by atoms with Crippen molar-refractivity contribution >= 4 is 5.82 Å². The fraction of sp³-hybridized carbons (Fsp3) is 0.357. The molecule has 1 N–H and O–H groups in total. The highest BCUT2D eigenvalue weighted by atomic mass is 16.5. The van der Waals surface area contributed by atoms with Crippen molar-refractivity contribution in [2.75, 3.05) is 19.0 Å². The summed E-state index contributed by atoms with van der Waals surface area (Å²) in [6.45, 7) is 3.07. The molecule has 1 aromatic heterocycles. The monoisotopic (exact) mass is 243 g/mol. The zero-order valence-corrected chi connectivity index (χ0v) is 10.7. The maximum Gasteiger partial charge on any atom is 0.124 e. The van der Waals surface area contributed by atoms with Crippen LogP contribution >= 0.6 is 0 Å². The number of ether oxygens (including phenoxy) is 1. The molecule has 1 aliphatic heterocycles. The molecule has 1 atom stereocenters. The second-order valence-corrected chi connectivity index (χ2v) is 4.64. The van der Waals surface area contributed by atoms with E-state index in [1.165, 1.54) is 11.1 Å². The highest BCUT2D eigenvalue weighted by Crippen LogP contribution is 2.34. The Morgan fingerprint density at radius 2 is 2.28 bits per heavy atom. The summed E-state index contributed by atoms with van der Waals surface area (Å²) in [5.74, 6) is 2.02. The maximum atomic E-state index is 5.48. The standard InChI is InChI=1S/C14H17N3O/c1-10-3-4-13(18-2)11(9-10)12-5-7-15-14-6-8-16-17(12)14/h3-4,6,8-9,12,15H,5,7H2,1-2H3. The SMILES string of the molecule is COc1ccc(C)cc1C1CCNc2ccnn21. The molecule has 4 heteroatoms. The molecule has 0 aliphatic carbocycles. The van der Waals surface area contributed by atoms with Gasteiger partial charge in [0.15, 0.2) is 0 Å². The van der Waals surface area contributed by atoms with Gasteiger partial charge in [-0.05, 0) is 19.4 Å². The van der Waals surface area contributed by atoms with E-state index in [0.717, 1.165) is 24.5 Å². The molecular formula is C14H17N3O. The first kappa shape index (κ1) is 11.1. The van der Waals surface area contributed by atoms with Gasteiger partial charge in [-0.2, -0.15) is 5.10 Å². The Bertz CT molecular complexity index is 562. The smallest absolute Gasteiger partial charge is 0.124 e. The Kier molecular flexibility index (Phi) is 2.70. The Balaban J connectivity index is 2.09. The van der Waals surface area contributed by atoms with Gasteiger partial charge < -0.3 is 10.1 Å². The highest BCUT2D eigenvalue weighted by Gasteiger charge is 2.24. The van der Waals surface area contributed by atoms with Crippen molar-refractivity contribution in [1.82, 2.24) is 9.78 Å². The summed E-state index contributed by atoms with van der Waals surface area (Å²) >= 11 is 0. The molecule has 4 nitrogen and oxygen atoms in total. The number of anilines is 1. The third-order valence-corrected chi connectivity index (χ3v) is 3.43. The van der Waals surface area contributed by atoms with Crippen molar-refractivity contribution < 1.29 is 4.74 Å². The van der Waals surface area contributed by atoms with Crippen molar-refractivity contribution in [2.24, 2.45) is 0 Å². The van der Waals surface area contributed by atoms with Gasteiger partial charge in [-0.1, -0.05) is 17.7 Å². The third kappa shape index (κ3) is 1.74. The van der Waals surface area contributed by atoms with Crippen LogP contribution in [-0.2, 0) is 0 Å². The summed E-state index contributed by atoms with van der Waals surface area (Å²) in [4.78, 5) is 0. The van der Waals surface area contributed by atoms with Gasteiger partial charge in [-0.3, -0.25) is 0 Å². The largest absolute Gasteiger partial charge is 0.496 e. The molecule has 0 fully saturated rings. The third-order valence-electron chi connectivity index (χ3n) is 3.43. The first-order valence-corrected chi connectivity index (χ1v) is 6.21. The van der Waals surface area contributed by atoms with Crippen LogP contribution in [0.25, 0.3) is 0 Å². The molecule has 1 aliphatic rings. The fourth-order valence-corrected chi connectivity index (χ4v) is 2.56. The minimum atomic E-state index is 0.256. The number of hydrogen-bond acceptors (Lipinski definition) is 3. The van der Waals surface area contributed by atoms with E-state index < -0.39 is 0 Å². The van der Waals surface area contributed by atoms with Gasteiger partial charge in [0.2, 0.25) is 0 Å². The van der Waals surface area contributed by atoms with Crippen molar-refractivity contribution in [1.29, 1.82) is 0 Å². The number of hydrogen-bond donors (Lipinski definition) is 1. The average molecular weight is 243 g/mol. The minimum Gasteiger partial charge on any atom is -0.496 e. The van der Waals surface area contributed by atoms with Crippen LogP contribution in [0.3, 0.4) is 0 Å². The molecule has 0 amide bonds. The molecule has 18 heavy (non-hydrogen) atoms. The maximum absolute atomic E-state index is 5.48. The van der Waals surface area contributed by atoms with Crippen molar-refractivity contribution in [2.45, 2.75) is 19.4 Å². The number of rotatable bonds is 2. The van der Waals surface area contributed by atoms with Crippen molar-refractivity contribution in [3.8, 4) is 5.75 Å².